The van der Waals surface area contributed by atoms with Crippen molar-refractivity contribution in [1.29, 1.82) is 0 Å². The maximum atomic E-state index is 12.9. The van der Waals surface area contributed by atoms with Crippen LogP contribution in [0.25, 0.3) is 0 Å². The summed E-state index contributed by atoms with van der Waals surface area (Å²) in [5.41, 5.74) is 0. The maximum Gasteiger partial charge on any atom is 0.244 e. The monoisotopic (exact) mass is 491 g/mol. The predicted molar refractivity (Wildman–Crippen MR) is 91.3 cm³/mol. The first kappa shape index (κ1) is 19.3. The normalized spacial score (nSPS) is 24.2. The summed E-state index contributed by atoms with van der Waals surface area (Å²) < 4.78 is 50.9. The van der Waals surface area contributed by atoms with E-state index in [1.165, 1.54) is 12.1 Å². The van der Waals surface area contributed by atoms with E-state index in [4.69, 9.17) is 0 Å². The number of sulfone groups is 1. The molecular weight excluding hydrogens is 478 g/mol. The minimum atomic E-state index is -4.11. The molecular formula is C12H15Br2NO6S2. The Kier molecular flexibility index (Phi) is 5.92. The molecule has 0 spiro atoms. The third-order valence-corrected chi connectivity index (χ3v) is 8.57. The van der Waals surface area contributed by atoms with Gasteiger partial charge in [-0.1, -0.05) is 15.9 Å². The highest BCUT2D eigenvalue weighted by Crippen LogP contribution is 2.31. The Morgan fingerprint density at radius 1 is 1.26 bits per heavy atom. The zero-order chi connectivity index (χ0) is 17.4. The number of hydrogen-bond donors (Lipinski definition) is 2. The molecule has 0 unspecified atom stereocenters. The van der Waals surface area contributed by atoms with E-state index in [1.54, 1.807) is 6.07 Å². The van der Waals surface area contributed by atoms with Gasteiger partial charge in [0.25, 0.3) is 0 Å². The third-order valence-electron chi connectivity index (χ3n) is 3.46. The second kappa shape index (κ2) is 7.06. The van der Waals surface area contributed by atoms with Gasteiger partial charge >= 0.3 is 0 Å². The van der Waals surface area contributed by atoms with Gasteiger partial charge in [-0.2, -0.15) is 4.31 Å². The Hall–Kier alpha value is -0.0400. The fourth-order valence-corrected chi connectivity index (χ4v) is 7.45. The van der Waals surface area contributed by atoms with Gasteiger partial charge in [0.05, 0.1) is 35.2 Å². The van der Waals surface area contributed by atoms with Crippen LogP contribution in [0.1, 0.15) is 0 Å². The second-order valence-corrected chi connectivity index (χ2v) is 10.9. The van der Waals surface area contributed by atoms with Gasteiger partial charge in [-0.05, 0) is 34.1 Å². The third kappa shape index (κ3) is 4.14. The number of aliphatic hydroxyl groups excluding tert-OH is 2. The first-order valence-electron chi connectivity index (χ1n) is 6.55. The smallest absolute Gasteiger partial charge is 0.244 e. The molecule has 1 aromatic rings. The van der Waals surface area contributed by atoms with E-state index in [-0.39, 0.29) is 11.4 Å². The Morgan fingerprint density at radius 3 is 2.43 bits per heavy atom. The van der Waals surface area contributed by atoms with Gasteiger partial charge in [0, 0.05) is 15.5 Å². The molecule has 7 nitrogen and oxygen atoms in total. The molecule has 1 aliphatic heterocycles. The van der Waals surface area contributed by atoms with Crippen molar-refractivity contribution in [3.8, 4) is 0 Å². The molecule has 11 heteroatoms. The van der Waals surface area contributed by atoms with E-state index in [2.05, 4.69) is 31.9 Å². The summed E-state index contributed by atoms with van der Waals surface area (Å²) in [6.07, 6.45) is -1.33. The summed E-state index contributed by atoms with van der Waals surface area (Å²) >= 11 is 6.35. The minimum absolute atomic E-state index is 0.0724. The maximum absolute atomic E-state index is 12.9. The summed E-state index contributed by atoms with van der Waals surface area (Å²) in [5.74, 6) is -0.964. The Labute approximate surface area is 151 Å². The second-order valence-electron chi connectivity index (χ2n) is 5.13. The molecule has 0 bridgehead atoms. The van der Waals surface area contributed by atoms with Crippen molar-refractivity contribution in [2.75, 3.05) is 24.7 Å². The number of sulfonamides is 1. The average Bonchev–Trinajstić information content (AvgIpc) is 2.71. The highest BCUT2D eigenvalue weighted by molar-refractivity contribution is 9.11. The number of halogens is 2. The molecule has 1 fully saturated rings. The number of rotatable bonds is 5. The Morgan fingerprint density at radius 2 is 1.91 bits per heavy atom. The highest BCUT2D eigenvalue weighted by Gasteiger charge is 2.44. The lowest BCUT2D eigenvalue weighted by Crippen LogP contribution is -2.47. The van der Waals surface area contributed by atoms with E-state index >= 15 is 0 Å². The van der Waals surface area contributed by atoms with Crippen LogP contribution in [0.5, 0.6) is 0 Å². The van der Waals surface area contributed by atoms with Crippen molar-refractivity contribution in [1.82, 2.24) is 4.31 Å². The first-order valence-corrected chi connectivity index (χ1v) is 11.4. The summed E-state index contributed by atoms with van der Waals surface area (Å²) in [7, 11) is -7.64. The first-order chi connectivity index (χ1) is 10.6. The van der Waals surface area contributed by atoms with Crippen molar-refractivity contribution in [3.63, 3.8) is 0 Å². The molecule has 130 valence electrons. The standard InChI is InChI=1S/C12H15Br2NO6S2/c13-8-1-2-9(14)12(5-8)23(20,21)15(3-4-16)10-6-22(18,19)7-11(10)17/h1-2,5,10-11,16-17H,3-4,6-7H2/t10-,11+/m1/s1. The largest absolute Gasteiger partial charge is 0.395 e. The van der Waals surface area contributed by atoms with E-state index in [1.807, 2.05) is 0 Å². The molecule has 0 aliphatic carbocycles. The van der Waals surface area contributed by atoms with Crippen molar-refractivity contribution in [3.05, 3.63) is 27.1 Å². The quantitative estimate of drug-likeness (QED) is 0.613. The van der Waals surface area contributed by atoms with Gasteiger partial charge in [0.1, 0.15) is 0 Å². The Bertz CT molecular complexity index is 796. The number of nitrogens with zero attached hydrogens (tertiary/aromatic N) is 1. The van der Waals surface area contributed by atoms with E-state index in [9.17, 15) is 27.0 Å². The average molecular weight is 493 g/mol. The molecule has 2 rings (SSSR count). The van der Waals surface area contributed by atoms with Crippen molar-refractivity contribution in [2.24, 2.45) is 0 Å². The zero-order valence-corrected chi connectivity index (χ0v) is 16.6. The number of hydrogen-bond acceptors (Lipinski definition) is 6. The minimum Gasteiger partial charge on any atom is -0.395 e. The molecule has 2 N–H and O–H groups in total. The van der Waals surface area contributed by atoms with Gasteiger partial charge in [-0.15, -0.1) is 0 Å². The molecule has 0 radical (unpaired) electrons. The molecule has 2 atom stereocenters. The van der Waals surface area contributed by atoms with Crippen LogP contribution < -0.4 is 0 Å². The predicted octanol–water partition coefficient (Wildman–Crippen LogP) is 0.352. The van der Waals surface area contributed by atoms with Gasteiger partial charge < -0.3 is 10.2 Å². The van der Waals surface area contributed by atoms with Gasteiger partial charge in [0.15, 0.2) is 9.84 Å². The molecule has 1 heterocycles. The zero-order valence-electron chi connectivity index (χ0n) is 11.8. The number of aliphatic hydroxyl groups is 2. The van der Waals surface area contributed by atoms with E-state index in [0.717, 1.165) is 4.31 Å². The van der Waals surface area contributed by atoms with Crippen LogP contribution >= 0.6 is 31.9 Å². The van der Waals surface area contributed by atoms with Crippen LogP contribution in [0.4, 0.5) is 0 Å². The molecule has 1 saturated heterocycles. The fourth-order valence-electron chi connectivity index (χ4n) is 2.45. The van der Waals surface area contributed by atoms with Crippen LogP contribution in [-0.4, -0.2) is 68.2 Å². The molecule has 1 aliphatic rings. The number of benzene rings is 1. The van der Waals surface area contributed by atoms with Crippen LogP contribution in [0, 0.1) is 0 Å². The molecule has 0 amide bonds. The lowest BCUT2D eigenvalue weighted by atomic mass is 10.2. The van der Waals surface area contributed by atoms with Crippen molar-refractivity contribution in [2.45, 2.75) is 17.0 Å². The van der Waals surface area contributed by atoms with E-state index in [0.29, 0.717) is 8.95 Å². The fraction of sp³-hybridized carbons (Fsp3) is 0.500. The van der Waals surface area contributed by atoms with E-state index < -0.39 is 50.1 Å². The highest BCUT2D eigenvalue weighted by atomic mass is 79.9. The van der Waals surface area contributed by atoms with Crippen LogP contribution in [0.3, 0.4) is 0 Å². The van der Waals surface area contributed by atoms with Crippen LogP contribution in [0.2, 0.25) is 0 Å². The molecule has 23 heavy (non-hydrogen) atoms. The molecule has 0 aromatic heterocycles. The van der Waals surface area contributed by atoms with Gasteiger partial charge in [-0.25, -0.2) is 16.8 Å². The molecule has 1 aromatic carbocycles. The van der Waals surface area contributed by atoms with Gasteiger partial charge in [0.2, 0.25) is 10.0 Å². The Balaban J connectivity index is 2.50. The summed E-state index contributed by atoms with van der Waals surface area (Å²) in [4.78, 5) is -0.0724. The summed E-state index contributed by atoms with van der Waals surface area (Å²) in [6, 6.07) is 3.44. The molecule has 0 saturated carbocycles. The summed E-state index contributed by atoms with van der Waals surface area (Å²) in [6.45, 7) is -0.799. The van der Waals surface area contributed by atoms with Crippen LogP contribution in [0.15, 0.2) is 32.0 Å². The SMILES string of the molecule is O=S1(=O)C[C@@H](N(CCO)S(=O)(=O)c2cc(Br)ccc2Br)[C@@H](O)C1. The summed E-state index contributed by atoms with van der Waals surface area (Å²) in [5, 5.41) is 19.2. The van der Waals surface area contributed by atoms with Crippen LogP contribution in [-0.2, 0) is 19.9 Å². The lowest BCUT2D eigenvalue weighted by Gasteiger charge is -2.29. The van der Waals surface area contributed by atoms with Crippen molar-refractivity contribution >= 4 is 51.7 Å². The van der Waals surface area contributed by atoms with Crippen molar-refractivity contribution < 1.29 is 27.0 Å². The topological polar surface area (TPSA) is 112 Å². The van der Waals surface area contributed by atoms with Gasteiger partial charge in [-0.3, -0.25) is 0 Å². The lowest BCUT2D eigenvalue weighted by molar-refractivity contribution is 0.117.